The maximum atomic E-state index is 13.0. The molecule has 1 aromatic heterocycles. The summed E-state index contributed by atoms with van der Waals surface area (Å²) in [6.45, 7) is 6.09. The summed E-state index contributed by atoms with van der Waals surface area (Å²) in [6.07, 6.45) is 1.98. The number of aryl methyl sites for hydroxylation is 1. The zero-order chi connectivity index (χ0) is 27.4. The molecule has 5 rings (SSSR count). The zero-order valence-corrected chi connectivity index (χ0v) is 22.5. The standard InChI is InChI=1S/C32H32N2O5/c1-4-37-30(35)32(19-20-32)21-23-11-13-24(14-12-23)25-15-17-26(18-16-25)29-28(22(3)33-39-29)34(31(36)38-5-2)27-9-7-6-8-10-27/h6-18H,4-5,19-21H2,1-3H3. The second-order valence-electron chi connectivity index (χ2n) is 9.77. The molecule has 1 fully saturated rings. The number of nitrogens with zero attached hydrogens (tertiary/aromatic N) is 2. The number of ether oxygens (including phenoxy) is 2. The highest BCUT2D eigenvalue weighted by atomic mass is 16.6. The second-order valence-corrected chi connectivity index (χ2v) is 9.77. The number of hydrogen-bond acceptors (Lipinski definition) is 6. The minimum absolute atomic E-state index is 0.0829. The van der Waals surface area contributed by atoms with Crippen LogP contribution in [0.2, 0.25) is 0 Å². The van der Waals surface area contributed by atoms with Gasteiger partial charge in [0.15, 0.2) is 5.76 Å². The van der Waals surface area contributed by atoms with Crippen LogP contribution in [-0.2, 0) is 20.7 Å². The molecule has 1 amide bonds. The fourth-order valence-electron chi connectivity index (χ4n) is 4.82. The minimum Gasteiger partial charge on any atom is -0.466 e. The number of amides is 1. The molecule has 1 saturated carbocycles. The molecule has 1 aliphatic carbocycles. The molecule has 0 radical (unpaired) electrons. The molecule has 0 bridgehead atoms. The first-order valence-corrected chi connectivity index (χ1v) is 13.3. The summed E-state index contributed by atoms with van der Waals surface area (Å²) >= 11 is 0. The topological polar surface area (TPSA) is 81.9 Å². The fourth-order valence-corrected chi connectivity index (χ4v) is 4.82. The highest BCUT2D eigenvalue weighted by Gasteiger charge is 2.51. The fraction of sp³-hybridized carbons (Fsp3) is 0.281. The van der Waals surface area contributed by atoms with Gasteiger partial charge in [0.05, 0.1) is 24.3 Å². The number of esters is 1. The van der Waals surface area contributed by atoms with Crippen LogP contribution in [0.15, 0.2) is 83.4 Å². The molecular weight excluding hydrogens is 492 g/mol. The first-order chi connectivity index (χ1) is 19.0. The third-order valence-corrected chi connectivity index (χ3v) is 7.06. The van der Waals surface area contributed by atoms with E-state index < -0.39 is 6.09 Å². The molecule has 7 heteroatoms. The van der Waals surface area contributed by atoms with Gasteiger partial charge in [-0.1, -0.05) is 71.9 Å². The lowest BCUT2D eigenvalue weighted by Gasteiger charge is -2.22. The van der Waals surface area contributed by atoms with Gasteiger partial charge in [-0.25, -0.2) is 9.69 Å². The Kier molecular flexibility index (Phi) is 7.50. The van der Waals surface area contributed by atoms with Crippen molar-refractivity contribution >= 4 is 23.4 Å². The Morgan fingerprint density at radius 3 is 2.03 bits per heavy atom. The van der Waals surface area contributed by atoms with E-state index in [9.17, 15) is 9.59 Å². The summed E-state index contributed by atoms with van der Waals surface area (Å²) in [5, 5.41) is 4.17. The van der Waals surface area contributed by atoms with Gasteiger partial charge in [0.1, 0.15) is 11.4 Å². The van der Waals surface area contributed by atoms with Gasteiger partial charge in [0.2, 0.25) is 0 Å². The molecule has 4 aromatic rings. The Balaban J connectivity index is 1.39. The van der Waals surface area contributed by atoms with Crippen molar-refractivity contribution in [3.05, 3.63) is 90.1 Å². The van der Waals surface area contributed by atoms with Crippen LogP contribution >= 0.6 is 0 Å². The van der Waals surface area contributed by atoms with Gasteiger partial charge >= 0.3 is 12.1 Å². The molecular formula is C32H32N2O5. The number of anilines is 2. The van der Waals surface area contributed by atoms with E-state index in [1.807, 2.05) is 61.5 Å². The number of benzene rings is 3. The van der Waals surface area contributed by atoms with Crippen molar-refractivity contribution in [1.29, 1.82) is 0 Å². The summed E-state index contributed by atoms with van der Waals surface area (Å²) in [5.41, 5.74) is 5.48. The van der Waals surface area contributed by atoms with E-state index in [-0.39, 0.29) is 18.0 Å². The molecule has 0 atom stereocenters. The first-order valence-electron chi connectivity index (χ1n) is 13.3. The molecule has 7 nitrogen and oxygen atoms in total. The molecule has 0 spiro atoms. The van der Waals surface area contributed by atoms with Crippen molar-refractivity contribution in [3.8, 4) is 22.5 Å². The number of rotatable bonds is 9. The Bertz CT molecular complexity index is 1440. The van der Waals surface area contributed by atoms with Gasteiger partial charge < -0.3 is 14.0 Å². The van der Waals surface area contributed by atoms with Crippen LogP contribution in [0.25, 0.3) is 22.5 Å². The highest BCUT2D eigenvalue weighted by Crippen LogP contribution is 2.49. The SMILES string of the molecule is CCOC(=O)N(c1ccccc1)c1c(C)noc1-c1ccc(-c2ccc(CC3(C(=O)OCC)CC3)cc2)cc1. The molecule has 1 aliphatic rings. The maximum Gasteiger partial charge on any atom is 0.419 e. The summed E-state index contributed by atoms with van der Waals surface area (Å²) in [5.74, 6) is 0.403. The predicted octanol–water partition coefficient (Wildman–Crippen LogP) is 7.50. The number of carbonyl (C=O) groups is 2. The van der Waals surface area contributed by atoms with Crippen LogP contribution in [0.3, 0.4) is 0 Å². The van der Waals surface area contributed by atoms with Crippen molar-refractivity contribution in [2.24, 2.45) is 5.41 Å². The van der Waals surface area contributed by atoms with Crippen molar-refractivity contribution in [2.75, 3.05) is 18.1 Å². The average molecular weight is 525 g/mol. The zero-order valence-electron chi connectivity index (χ0n) is 22.5. The highest BCUT2D eigenvalue weighted by molar-refractivity contribution is 6.00. The van der Waals surface area contributed by atoms with E-state index in [0.717, 1.165) is 35.1 Å². The van der Waals surface area contributed by atoms with Gasteiger partial charge in [0.25, 0.3) is 0 Å². The lowest BCUT2D eigenvalue weighted by Crippen LogP contribution is -2.27. The van der Waals surface area contributed by atoms with Crippen LogP contribution in [0.4, 0.5) is 16.2 Å². The second kappa shape index (κ2) is 11.2. The minimum atomic E-state index is -0.496. The molecule has 0 saturated heterocycles. The number of hydrogen-bond donors (Lipinski definition) is 0. The van der Waals surface area contributed by atoms with E-state index in [1.165, 1.54) is 4.90 Å². The quantitative estimate of drug-likeness (QED) is 0.211. The molecule has 39 heavy (non-hydrogen) atoms. The van der Waals surface area contributed by atoms with E-state index >= 15 is 0 Å². The monoisotopic (exact) mass is 524 g/mol. The van der Waals surface area contributed by atoms with Crippen LogP contribution in [0.5, 0.6) is 0 Å². The van der Waals surface area contributed by atoms with Crippen LogP contribution in [-0.4, -0.2) is 30.4 Å². The Labute approximate surface area is 228 Å². The Morgan fingerprint density at radius 2 is 1.44 bits per heavy atom. The van der Waals surface area contributed by atoms with Crippen molar-refractivity contribution in [3.63, 3.8) is 0 Å². The third kappa shape index (κ3) is 5.43. The smallest absolute Gasteiger partial charge is 0.419 e. The maximum absolute atomic E-state index is 13.0. The van der Waals surface area contributed by atoms with Gasteiger partial charge in [-0.3, -0.25) is 4.79 Å². The van der Waals surface area contributed by atoms with Crippen LogP contribution in [0.1, 0.15) is 37.9 Å². The Morgan fingerprint density at radius 1 is 0.846 bits per heavy atom. The van der Waals surface area contributed by atoms with Crippen molar-refractivity contribution in [2.45, 2.75) is 40.0 Å². The number of para-hydroxylation sites is 1. The summed E-state index contributed by atoms with van der Waals surface area (Å²) in [7, 11) is 0. The normalized spacial score (nSPS) is 13.5. The summed E-state index contributed by atoms with van der Waals surface area (Å²) < 4.78 is 16.4. The third-order valence-electron chi connectivity index (χ3n) is 7.06. The van der Waals surface area contributed by atoms with Crippen LogP contribution < -0.4 is 4.90 Å². The number of carbonyl (C=O) groups excluding carboxylic acids is 2. The summed E-state index contributed by atoms with van der Waals surface area (Å²) in [4.78, 5) is 26.8. The molecule has 0 unspecified atom stereocenters. The van der Waals surface area contributed by atoms with Gasteiger partial charge in [0, 0.05) is 5.56 Å². The van der Waals surface area contributed by atoms with E-state index in [1.54, 1.807) is 13.8 Å². The van der Waals surface area contributed by atoms with Gasteiger partial charge in [-0.15, -0.1) is 0 Å². The van der Waals surface area contributed by atoms with E-state index in [0.29, 0.717) is 35.9 Å². The van der Waals surface area contributed by atoms with Crippen molar-refractivity contribution in [1.82, 2.24) is 5.16 Å². The first kappa shape index (κ1) is 26.2. The van der Waals surface area contributed by atoms with E-state index in [2.05, 4.69) is 29.4 Å². The van der Waals surface area contributed by atoms with Crippen molar-refractivity contribution < 1.29 is 23.6 Å². The lowest BCUT2D eigenvalue weighted by molar-refractivity contribution is -0.149. The van der Waals surface area contributed by atoms with Gasteiger partial charge in [-0.05, 0) is 68.9 Å². The molecule has 3 aromatic carbocycles. The Hall–Kier alpha value is -4.39. The average Bonchev–Trinajstić information content (AvgIpc) is 3.65. The summed E-state index contributed by atoms with van der Waals surface area (Å²) in [6, 6.07) is 25.6. The van der Waals surface area contributed by atoms with Gasteiger partial charge in [-0.2, -0.15) is 0 Å². The molecule has 200 valence electrons. The largest absolute Gasteiger partial charge is 0.466 e. The lowest BCUT2D eigenvalue weighted by atomic mass is 9.94. The van der Waals surface area contributed by atoms with Crippen LogP contribution in [0, 0.1) is 12.3 Å². The molecule has 0 N–H and O–H groups in total. The molecule has 0 aliphatic heterocycles. The number of aromatic nitrogens is 1. The predicted molar refractivity (Wildman–Crippen MR) is 150 cm³/mol. The van der Waals surface area contributed by atoms with E-state index in [4.69, 9.17) is 14.0 Å². The molecule has 1 heterocycles.